The van der Waals surface area contributed by atoms with Crippen molar-refractivity contribution in [2.45, 2.75) is 4.90 Å². The van der Waals surface area contributed by atoms with Crippen LogP contribution in [0.5, 0.6) is 17.2 Å². The molecule has 0 radical (unpaired) electrons. The number of carbonyl (C=O) groups is 1. The van der Waals surface area contributed by atoms with E-state index in [0.29, 0.717) is 28.6 Å². The van der Waals surface area contributed by atoms with E-state index in [1.165, 1.54) is 25.5 Å². The van der Waals surface area contributed by atoms with Crippen LogP contribution in [0.3, 0.4) is 0 Å². The molecule has 0 aliphatic heterocycles. The number of amides is 1. The third kappa shape index (κ3) is 5.52. The predicted molar refractivity (Wildman–Crippen MR) is 123 cm³/mol. The summed E-state index contributed by atoms with van der Waals surface area (Å²) in [6.45, 7) is 0. The molecule has 0 unspecified atom stereocenters. The molecule has 3 aromatic carbocycles. The summed E-state index contributed by atoms with van der Waals surface area (Å²) in [6, 6.07) is 22.7. The first-order valence-electron chi connectivity index (χ1n) is 9.83. The number of hydrogen-bond acceptors (Lipinski definition) is 6. The zero-order chi connectivity index (χ0) is 23.3. The van der Waals surface area contributed by atoms with Gasteiger partial charge >= 0.3 is 0 Å². The molecule has 4 rings (SSSR count). The van der Waals surface area contributed by atoms with Gasteiger partial charge in [-0.3, -0.25) is 9.52 Å². The van der Waals surface area contributed by atoms with E-state index in [0.717, 1.165) is 0 Å². The molecule has 0 atom stereocenters. The molecule has 4 aromatic rings. The fourth-order valence-corrected chi connectivity index (χ4v) is 3.96. The molecular formula is C24H20N2O6S. The van der Waals surface area contributed by atoms with Gasteiger partial charge in [0, 0.05) is 11.4 Å². The second kappa shape index (κ2) is 9.49. The molecule has 0 spiro atoms. The standard InChI is InChI=1S/C24H20N2O6S/c1-30-19-12-14-22(15-13-19)33(28,29)26-18-6-10-21(11-7-18)32-20-8-4-17(5-9-20)25-24(27)23-3-2-16-31-23/h2-16,26H,1H3,(H,25,27). The van der Waals surface area contributed by atoms with Gasteiger partial charge in [0.2, 0.25) is 0 Å². The average molecular weight is 464 g/mol. The summed E-state index contributed by atoms with van der Waals surface area (Å²) in [5, 5.41) is 2.72. The summed E-state index contributed by atoms with van der Waals surface area (Å²) in [5.41, 5.74) is 0.987. The summed E-state index contributed by atoms with van der Waals surface area (Å²) in [4.78, 5) is 12.1. The molecule has 168 valence electrons. The second-order valence-corrected chi connectivity index (χ2v) is 8.55. The van der Waals surface area contributed by atoms with Crippen molar-refractivity contribution in [2.75, 3.05) is 17.1 Å². The molecule has 8 nitrogen and oxygen atoms in total. The lowest BCUT2D eigenvalue weighted by Gasteiger charge is -2.10. The first-order valence-corrected chi connectivity index (χ1v) is 11.3. The number of methoxy groups -OCH3 is 1. The fraction of sp³-hybridized carbons (Fsp3) is 0.0417. The minimum Gasteiger partial charge on any atom is -0.497 e. The van der Waals surface area contributed by atoms with Crippen molar-refractivity contribution < 1.29 is 27.1 Å². The Labute approximate surface area is 190 Å². The molecular weight excluding hydrogens is 444 g/mol. The zero-order valence-corrected chi connectivity index (χ0v) is 18.3. The van der Waals surface area contributed by atoms with Crippen molar-refractivity contribution in [2.24, 2.45) is 0 Å². The third-order valence-corrected chi connectivity index (χ3v) is 5.97. The van der Waals surface area contributed by atoms with Crippen LogP contribution in [0.4, 0.5) is 11.4 Å². The summed E-state index contributed by atoms with van der Waals surface area (Å²) in [5.74, 6) is 1.52. The summed E-state index contributed by atoms with van der Waals surface area (Å²) < 4.78 is 43.5. The van der Waals surface area contributed by atoms with E-state index < -0.39 is 10.0 Å². The molecule has 1 amide bonds. The van der Waals surface area contributed by atoms with Gasteiger partial charge in [-0.1, -0.05) is 0 Å². The van der Waals surface area contributed by atoms with Crippen molar-refractivity contribution in [3.05, 3.63) is 97.0 Å². The zero-order valence-electron chi connectivity index (χ0n) is 17.5. The molecule has 2 N–H and O–H groups in total. The highest BCUT2D eigenvalue weighted by molar-refractivity contribution is 7.92. The fourth-order valence-electron chi connectivity index (χ4n) is 2.90. The normalized spacial score (nSPS) is 10.9. The number of hydrogen-bond donors (Lipinski definition) is 2. The van der Waals surface area contributed by atoms with Gasteiger partial charge in [0.05, 0.1) is 18.3 Å². The number of rotatable bonds is 8. The van der Waals surface area contributed by atoms with Crippen molar-refractivity contribution in [1.82, 2.24) is 0 Å². The molecule has 1 heterocycles. The van der Waals surface area contributed by atoms with Gasteiger partial charge in [-0.05, 0) is 84.9 Å². The maximum Gasteiger partial charge on any atom is 0.291 e. The Morgan fingerprint density at radius 2 is 1.36 bits per heavy atom. The lowest BCUT2D eigenvalue weighted by atomic mass is 10.3. The van der Waals surface area contributed by atoms with Gasteiger partial charge in [-0.25, -0.2) is 8.42 Å². The van der Waals surface area contributed by atoms with Gasteiger partial charge < -0.3 is 19.2 Å². The molecule has 0 bridgehead atoms. The summed E-state index contributed by atoms with van der Waals surface area (Å²) in [7, 11) is -2.21. The average Bonchev–Trinajstić information content (AvgIpc) is 3.37. The van der Waals surface area contributed by atoms with Gasteiger partial charge in [-0.15, -0.1) is 0 Å². The van der Waals surface area contributed by atoms with E-state index in [-0.39, 0.29) is 16.6 Å². The summed E-state index contributed by atoms with van der Waals surface area (Å²) >= 11 is 0. The van der Waals surface area contributed by atoms with Crippen molar-refractivity contribution in [1.29, 1.82) is 0 Å². The molecule has 9 heteroatoms. The van der Waals surface area contributed by atoms with Gasteiger partial charge in [0.25, 0.3) is 15.9 Å². The number of sulfonamides is 1. The Balaban J connectivity index is 1.36. The van der Waals surface area contributed by atoms with Crippen LogP contribution in [0.25, 0.3) is 0 Å². The first-order chi connectivity index (χ1) is 15.9. The van der Waals surface area contributed by atoms with Crippen LogP contribution < -0.4 is 19.5 Å². The number of anilines is 2. The van der Waals surface area contributed by atoms with Crippen molar-refractivity contribution >= 4 is 27.3 Å². The molecule has 0 fully saturated rings. The molecule has 1 aromatic heterocycles. The maximum atomic E-state index is 12.5. The van der Waals surface area contributed by atoms with Gasteiger partial charge in [-0.2, -0.15) is 0 Å². The van der Waals surface area contributed by atoms with E-state index in [2.05, 4.69) is 10.0 Å². The summed E-state index contributed by atoms with van der Waals surface area (Å²) in [6.07, 6.45) is 1.43. The third-order valence-electron chi connectivity index (χ3n) is 4.57. The molecule has 0 aliphatic rings. The van der Waals surface area contributed by atoms with Crippen molar-refractivity contribution in [3.8, 4) is 17.2 Å². The van der Waals surface area contributed by atoms with Crippen LogP contribution in [-0.4, -0.2) is 21.4 Å². The van der Waals surface area contributed by atoms with E-state index in [9.17, 15) is 13.2 Å². The highest BCUT2D eigenvalue weighted by Gasteiger charge is 2.14. The van der Waals surface area contributed by atoms with E-state index in [1.54, 1.807) is 72.8 Å². The number of benzene rings is 3. The van der Waals surface area contributed by atoms with Crippen LogP contribution >= 0.6 is 0 Å². The van der Waals surface area contributed by atoms with E-state index >= 15 is 0 Å². The Morgan fingerprint density at radius 3 is 1.91 bits per heavy atom. The quantitative estimate of drug-likeness (QED) is 0.374. The lowest BCUT2D eigenvalue weighted by Crippen LogP contribution is -2.12. The number of furan rings is 1. The van der Waals surface area contributed by atoms with E-state index in [4.69, 9.17) is 13.9 Å². The monoisotopic (exact) mass is 464 g/mol. The topological polar surface area (TPSA) is 107 Å². The Bertz CT molecular complexity index is 1320. The second-order valence-electron chi connectivity index (χ2n) is 6.86. The predicted octanol–water partition coefficient (Wildman–Crippen LogP) is 5.13. The minimum atomic E-state index is -3.73. The Hall–Kier alpha value is -4.24. The SMILES string of the molecule is COc1ccc(S(=O)(=O)Nc2ccc(Oc3ccc(NC(=O)c4ccco4)cc3)cc2)cc1. The number of carbonyl (C=O) groups excluding carboxylic acids is 1. The van der Waals surface area contributed by atoms with Gasteiger partial charge in [0.1, 0.15) is 17.2 Å². The van der Waals surface area contributed by atoms with Crippen LogP contribution in [0.1, 0.15) is 10.6 Å². The number of ether oxygens (including phenoxy) is 2. The minimum absolute atomic E-state index is 0.128. The largest absolute Gasteiger partial charge is 0.497 e. The van der Waals surface area contributed by atoms with Crippen LogP contribution in [-0.2, 0) is 10.0 Å². The van der Waals surface area contributed by atoms with E-state index in [1.807, 2.05) is 0 Å². The van der Waals surface area contributed by atoms with Crippen LogP contribution in [0.2, 0.25) is 0 Å². The smallest absolute Gasteiger partial charge is 0.291 e. The Morgan fingerprint density at radius 1 is 0.788 bits per heavy atom. The van der Waals surface area contributed by atoms with Crippen LogP contribution in [0.15, 0.2) is 101 Å². The molecule has 0 saturated heterocycles. The maximum absolute atomic E-state index is 12.5. The number of nitrogens with one attached hydrogen (secondary N) is 2. The van der Waals surface area contributed by atoms with Crippen LogP contribution in [0, 0.1) is 0 Å². The molecule has 0 aliphatic carbocycles. The van der Waals surface area contributed by atoms with Gasteiger partial charge in [0.15, 0.2) is 5.76 Å². The first kappa shape index (κ1) is 22.0. The lowest BCUT2D eigenvalue weighted by molar-refractivity contribution is 0.0996. The van der Waals surface area contributed by atoms with Crippen molar-refractivity contribution in [3.63, 3.8) is 0 Å². The highest BCUT2D eigenvalue weighted by atomic mass is 32.2. The highest BCUT2D eigenvalue weighted by Crippen LogP contribution is 2.26. The Kier molecular flexibility index (Phi) is 6.32. The molecule has 33 heavy (non-hydrogen) atoms. The molecule has 0 saturated carbocycles.